The maximum Gasteiger partial charge on any atom is 0.155 e. The zero-order valence-corrected chi connectivity index (χ0v) is 9.94. The Morgan fingerprint density at radius 3 is 2.14 bits per heavy atom. The molecule has 0 saturated heterocycles. The van der Waals surface area contributed by atoms with Crippen LogP contribution >= 0.6 is 0 Å². The lowest BCUT2D eigenvalue weighted by atomic mass is 10.1. The second-order valence-electron chi connectivity index (χ2n) is 3.79. The van der Waals surface area contributed by atoms with Crippen molar-refractivity contribution in [3.63, 3.8) is 0 Å². The van der Waals surface area contributed by atoms with Gasteiger partial charge in [-0.25, -0.2) is 0 Å². The molecule has 0 saturated carbocycles. The monoisotopic (exact) mass is 196 g/mol. The van der Waals surface area contributed by atoms with E-state index < -0.39 is 0 Å². The Bertz CT molecular complexity index is 174. The number of allylic oxidation sites excluding steroid dienone is 2. The van der Waals surface area contributed by atoms with Crippen LogP contribution in [0.2, 0.25) is 0 Å². The van der Waals surface area contributed by atoms with E-state index >= 15 is 0 Å². The normalized spacial score (nSPS) is 9.93. The third kappa shape index (κ3) is 6.88. The Morgan fingerprint density at radius 2 is 1.64 bits per heavy atom. The van der Waals surface area contributed by atoms with Gasteiger partial charge in [-0.1, -0.05) is 45.6 Å². The van der Waals surface area contributed by atoms with Crippen molar-refractivity contribution in [2.75, 3.05) is 0 Å². The fourth-order valence-electron chi connectivity index (χ4n) is 1.48. The number of hydrogen-bond donors (Lipinski definition) is 0. The first-order chi connectivity index (χ1) is 6.74. The summed E-state index contributed by atoms with van der Waals surface area (Å²) in [6.07, 6.45) is 9.36. The summed E-state index contributed by atoms with van der Waals surface area (Å²) in [6, 6.07) is 0. The van der Waals surface area contributed by atoms with E-state index in [9.17, 15) is 4.79 Å². The SMILES string of the molecule is CCCCCCC(=O)C=C(CC)CC. The highest BCUT2D eigenvalue weighted by atomic mass is 16.1. The minimum absolute atomic E-state index is 0.319. The van der Waals surface area contributed by atoms with Crippen molar-refractivity contribution in [1.29, 1.82) is 0 Å². The molecule has 0 aliphatic rings. The maximum absolute atomic E-state index is 11.5. The average molecular weight is 196 g/mol. The smallest absolute Gasteiger partial charge is 0.155 e. The lowest BCUT2D eigenvalue weighted by molar-refractivity contribution is -0.114. The van der Waals surface area contributed by atoms with E-state index in [-0.39, 0.29) is 0 Å². The van der Waals surface area contributed by atoms with Crippen LogP contribution in [-0.2, 0) is 4.79 Å². The van der Waals surface area contributed by atoms with Crippen molar-refractivity contribution >= 4 is 5.78 Å². The molecule has 0 unspecified atom stereocenters. The minimum atomic E-state index is 0.319. The number of unbranched alkanes of at least 4 members (excludes halogenated alkanes) is 3. The maximum atomic E-state index is 11.5. The summed E-state index contributed by atoms with van der Waals surface area (Å²) < 4.78 is 0. The fraction of sp³-hybridized carbons (Fsp3) is 0.769. The Balaban J connectivity index is 3.68. The van der Waals surface area contributed by atoms with Crippen molar-refractivity contribution in [2.24, 2.45) is 0 Å². The topological polar surface area (TPSA) is 17.1 Å². The van der Waals surface area contributed by atoms with Gasteiger partial charge in [-0.05, 0) is 25.3 Å². The Labute approximate surface area is 88.6 Å². The molecule has 0 aromatic rings. The van der Waals surface area contributed by atoms with Gasteiger partial charge in [-0.2, -0.15) is 0 Å². The highest BCUT2D eigenvalue weighted by Crippen LogP contribution is 2.08. The van der Waals surface area contributed by atoms with Crippen LogP contribution in [-0.4, -0.2) is 5.78 Å². The number of hydrogen-bond acceptors (Lipinski definition) is 1. The van der Waals surface area contributed by atoms with E-state index in [1.54, 1.807) is 0 Å². The van der Waals surface area contributed by atoms with Crippen LogP contribution < -0.4 is 0 Å². The van der Waals surface area contributed by atoms with Gasteiger partial charge in [0.2, 0.25) is 0 Å². The first-order valence-electron chi connectivity index (χ1n) is 5.96. The number of rotatable bonds is 8. The van der Waals surface area contributed by atoms with Gasteiger partial charge in [-0.15, -0.1) is 0 Å². The third-order valence-electron chi connectivity index (χ3n) is 2.55. The molecule has 1 heteroatoms. The summed E-state index contributed by atoms with van der Waals surface area (Å²) in [5, 5.41) is 0. The van der Waals surface area contributed by atoms with E-state index in [0.29, 0.717) is 5.78 Å². The molecule has 0 N–H and O–H groups in total. The molecule has 0 aromatic heterocycles. The van der Waals surface area contributed by atoms with Gasteiger partial charge in [0, 0.05) is 6.42 Å². The summed E-state index contributed by atoms with van der Waals surface area (Å²) in [6.45, 7) is 6.41. The largest absolute Gasteiger partial charge is 0.295 e. The molecule has 0 radical (unpaired) electrons. The van der Waals surface area contributed by atoms with Crippen LogP contribution in [0.25, 0.3) is 0 Å². The van der Waals surface area contributed by atoms with Crippen molar-refractivity contribution in [1.82, 2.24) is 0 Å². The molecule has 0 aromatic carbocycles. The second-order valence-corrected chi connectivity index (χ2v) is 3.79. The molecule has 0 bridgehead atoms. The Kier molecular flexibility index (Phi) is 8.61. The van der Waals surface area contributed by atoms with Gasteiger partial charge in [0.15, 0.2) is 5.78 Å². The number of carbonyl (C=O) groups excluding carboxylic acids is 1. The molecule has 0 heterocycles. The van der Waals surface area contributed by atoms with Crippen LogP contribution in [0, 0.1) is 0 Å². The van der Waals surface area contributed by atoms with Crippen molar-refractivity contribution in [2.45, 2.75) is 65.7 Å². The van der Waals surface area contributed by atoms with Gasteiger partial charge >= 0.3 is 0 Å². The van der Waals surface area contributed by atoms with Gasteiger partial charge < -0.3 is 0 Å². The Hall–Kier alpha value is -0.590. The van der Waals surface area contributed by atoms with E-state index in [2.05, 4.69) is 20.8 Å². The summed E-state index contributed by atoms with van der Waals surface area (Å²) in [5.41, 5.74) is 1.28. The van der Waals surface area contributed by atoms with Crippen LogP contribution in [0.3, 0.4) is 0 Å². The Morgan fingerprint density at radius 1 is 1.00 bits per heavy atom. The van der Waals surface area contributed by atoms with Gasteiger partial charge in [0.1, 0.15) is 0 Å². The van der Waals surface area contributed by atoms with Crippen molar-refractivity contribution < 1.29 is 4.79 Å². The van der Waals surface area contributed by atoms with E-state index in [1.807, 2.05) is 6.08 Å². The molecule has 0 aliphatic carbocycles. The van der Waals surface area contributed by atoms with Crippen LogP contribution in [0.4, 0.5) is 0 Å². The van der Waals surface area contributed by atoms with Crippen LogP contribution in [0.15, 0.2) is 11.6 Å². The lowest BCUT2D eigenvalue weighted by Gasteiger charge is -2.00. The summed E-state index contributed by atoms with van der Waals surface area (Å²) in [5.74, 6) is 0.319. The predicted molar refractivity (Wildman–Crippen MR) is 62.4 cm³/mol. The molecule has 0 spiro atoms. The number of ketones is 1. The van der Waals surface area contributed by atoms with Crippen LogP contribution in [0.1, 0.15) is 65.7 Å². The molecule has 0 fully saturated rings. The zero-order chi connectivity index (χ0) is 10.8. The van der Waals surface area contributed by atoms with Gasteiger partial charge in [0.25, 0.3) is 0 Å². The number of carbonyl (C=O) groups is 1. The third-order valence-corrected chi connectivity index (χ3v) is 2.55. The summed E-state index contributed by atoms with van der Waals surface area (Å²) in [4.78, 5) is 11.5. The van der Waals surface area contributed by atoms with E-state index in [4.69, 9.17) is 0 Å². The van der Waals surface area contributed by atoms with Gasteiger partial charge in [0.05, 0.1) is 0 Å². The molecule has 82 valence electrons. The molecule has 0 amide bonds. The predicted octanol–water partition coefficient (Wildman–Crippen LogP) is 4.27. The standard InChI is InChI=1S/C13H24O/c1-4-7-8-9-10-13(14)11-12(5-2)6-3/h11H,4-10H2,1-3H3. The highest BCUT2D eigenvalue weighted by molar-refractivity contribution is 5.90. The summed E-state index contributed by atoms with van der Waals surface area (Å²) in [7, 11) is 0. The summed E-state index contributed by atoms with van der Waals surface area (Å²) >= 11 is 0. The fourth-order valence-corrected chi connectivity index (χ4v) is 1.48. The first kappa shape index (κ1) is 13.4. The van der Waals surface area contributed by atoms with Gasteiger partial charge in [-0.3, -0.25) is 4.79 Å². The second kappa shape index (κ2) is 8.98. The molecule has 0 atom stereocenters. The lowest BCUT2D eigenvalue weighted by Crippen LogP contribution is -1.95. The molecule has 0 rings (SSSR count). The van der Waals surface area contributed by atoms with Crippen molar-refractivity contribution in [3.8, 4) is 0 Å². The van der Waals surface area contributed by atoms with Crippen LogP contribution in [0.5, 0.6) is 0 Å². The highest BCUT2D eigenvalue weighted by Gasteiger charge is 1.99. The minimum Gasteiger partial charge on any atom is -0.295 e. The first-order valence-corrected chi connectivity index (χ1v) is 5.96. The molecular formula is C13H24O. The molecule has 14 heavy (non-hydrogen) atoms. The van der Waals surface area contributed by atoms with E-state index in [0.717, 1.165) is 25.7 Å². The van der Waals surface area contributed by atoms with E-state index in [1.165, 1.54) is 24.8 Å². The average Bonchev–Trinajstić information content (AvgIpc) is 2.21. The molecule has 1 nitrogen and oxygen atoms in total. The quantitative estimate of drug-likeness (QED) is 0.418. The zero-order valence-electron chi connectivity index (χ0n) is 9.94. The molecule has 0 aliphatic heterocycles. The van der Waals surface area contributed by atoms with Crippen molar-refractivity contribution in [3.05, 3.63) is 11.6 Å². The molecular weight excluding hydrogens is 172 g/mol.